The van der Waals surface area contributed by atoms with Gasteiger partial charge in [0.25, 0.3) is 11.5 Å². The van der Waals surface area contributed by atoms with E-state index >= 15 is 0 Å². The first kappa shape index (κ1) is 21.3. The van der Waals surface area contributed by atoms with Crippen molar-refractivity contribution in [1.29, 1.82) is 0 Å². The van der Waals surface area contributed by atoms with Crippen LogP contribution in [0, 0.1) is 0 Å². The average Bonchev–Trinajstić information content (AvgIpc) is 2.85. The molecular weight excluding hydrogens is 418 g/mol. The highest BCUT2D eigenvalue weighted by Gasteiger charge is 2.26. The lowest BCUT2D eigenvalue weighted by molar-refractivity contribution is -0.118. The Morgan fingerprint density at radius 3 is 2.64 bits per heavy atom. The molecule has 1 aromatic carbocycles. The fourth-order valence-electron chi connectivity index (χ4n) is 4.67. The lowest BCUT2D eigenvalue weighted by Gasteiger charge is -2.32. The van der Waals surface area contributed by atoms with Gasteiger partial charge in [0.05, 0.1) is 17.4 Å². The Labute approximate surface area is 192 Å². The van der Waals surface area contributed by atoms with Gasteiger partial charge in [-0.05, 0) is 68.5 Å². The summed E-state index contributed by atoms with van der Waals surface area (Å²) >= 11 is 0. The third-order valence-corrected chi connectivity index (χ3v) is 6.47. The molecule has 0 saturated heterocycles. The largest absolute Gasteiger partial charge is 0.482 e. The molecule has 1 atom stereocenters. The molecule has 1 saturated carbocycles. The predicted molar refractivity (Wildman–Crippen MR) is 125 cm³/mol. The summed E-state index contributed by atoms with van der Waals surface area (Å²) in [6.07, 6.45) is 7.18. The van der Waals surface area contributed by atoms with Crippen LogP contribution in [-0.4, -0.2) is 33.3 Å². The maximum atomic E-state index is 12.5. The number of fused-ring (bicyclic) bond motifs is 1. The Kier molecular flexibility index (Phi) is 5.92. The standard InChI is InChI=1S/C25H27N5O3/c1-16(18-2-8-23-22(14-18)28-24(31)15-33-23)27-19-3-5-20(6-4-19)30-25(32)9-7-21(29-30)17-10-12-26-13-11-17/h2,7-14,16,19-20,27H,3-6,15H2,1H3,(H,28,31). The third-order valence-electron chi connectivity index (χ3n) is 6.47. The summed E-state index contributed by atoms with van der Waals surface area (Å²) in [5.41, 5.74) is 3.50. The summed E-state index contributed by atoms with van der Waals surface area (Å²) < 4.78 is 7.11. The molecule has 2 aromatic heterocycles. The summed E-state index contributed by atoms with van der Waals surface area (Å²) in [5.74, 6) is 0.577. The number of benzene rings is 1. The Balaban J connectivity index is 1.22. The van der Waals surface area contributed by atoms with Gasteiger partial charge in [0.1, 0.15) is 5.75 Å². The number of amides is 1. The number of nitrogens with one attached hydrogen (secondary N) is 2. The molecular formula is C25H27N5O3. The van der Waals surface area contributed by atoms with Crippen molar-refractivity contribution in [3.05, 3.63) is 70.8 Å². The maximum Gasteiger partial charge on any atom is 0.267 e. The summed E-state index contributed by atoms with van der Waals surface area (Å²) in [5, 5.41) is 11.2. The van der Waals surface area contributed by atoms with Gasteiger partial charge in [-0.25, -0.2) is 4.68 Å². The van der Waals surface area contributed by atoms with Gasteiger partial charge >= 0.3 is 0 Å². The van der Waals surface area contributed by atoms with Crippen molar-refractivity contribution in [3.8, 4) is 17.0 Å². The molecule has 1 amide bonds. The number of anilines is 1. The first-order chi connectivity index (χ1) is 16.1. The van der Waals surface area contributed by atoms with Crippen LogP contribution in [0.5, 0.6) is 5.75 Å². The lowest BCUT2D eigenvalue weighted by atomic mass is 9.90. The molecule has 0 radical (unpaired) electrons. The van der Waals surface area contributed by atoms with Crippen molar-refractivity contribution in [2.75, 3.05) is 11.9 Å². The smallest absolute Gasteiger partial charge is 0.267 e. The lowest BCUT2D eigenvalue weighted by Crippen LogP contribution is -2.37. The van der Waals surface area contributed by atoms with E-state index in [2.05, 4.69) is 27.6 Å². The number of carbonyl (C=O) groups excluding carboxylic acids is 1. The maximum absolute atomic E-state index is 12.5. The first-order valence-electron chi connectivity index (χ1n) is 11.4. The molecule has 1 aliphatic carbocycles. The van der Waals surface area contributed by atoms with Gasteiger partial charge in [-0.15, -0.1) is 0 Å². The zero-order valence-corrected chi connectivity index (χ0v) is 18.5. The van der Waals surface area contributed by atoms with Crippen molar-refractivity contribution >= 4 is 11.6 Å². The highest BCUT2D eigenvalue weighted by atomic mass is 16.5. The molecule has 1 unspecified atom stereocenters. The molecule has 3 aromatic rings. The molecule has 8 heteroatoms. The molecule has 2 N–H and O–H groups in total. The van der Waals surface area contributed by atoms with Crippen LogP contribution in [0.2, 0.25) is 0 Å². The Morgan fingerprint density at radius 1 is 1.06 bits per heavy atom. The van der Waals surface area contributed by atoms with Crippen molar-refractivity contribution in [3.63, 3.8) is 0 Å². The molecule has 5 rings (SSSR count). The van der Waals surface area contributed by atoms with Crippen LogP contribution < -0.4 is 20.9 Å². The van der Waals surface area contributed by atoms with E-state index in [0.717, 1.165) is 48.2 Å². The van der Waals surface area contributed by atoms with Crippen LogP contribution in [0.15, 0.2) is 59.7 Å². The summed E-state index contributed by atoms with van der Waals surface area (Å²) in [6, 6.07) is 13.7. The van der Waals surface area contributed by atoms with E-state index < -0.39 is 0 Å². The van der Waals surface area contributed by atoms with Crippen LogP contribution in [0.1, 0.15) is 50.3 Å². The van der Waals surface area contributed by atoms with E-state index in [-0.39, 0.29) is 30.2 Å². The summed E-state index contributed by atoms with van der Waals surface area (Å²) in [6.45, 7) is 2.19. The number of aromatic nitrogens is 3. The highest BCUT2D eigenvalue weighted by molar-refractivity contribution is 5.95. The highest BCUT2D eigenvalue weighted by Crippen LogP contribution is 2.32. The zero-order chi connectivity index (χ0) is 22.8. The monoisotopic (exact) mass is 445 g/mol. The number of nitrogens with zero attached hydrogens (tertiary/aromatic N) is 3. The van der Waals surface area contributed by atoms with E-state index in [1.54, 1.807) is 29.2 Å². The number of pyridine rings is 1. The van der Waals surface area contributed by atoms with Crippen LogP contribution in [-0.2, 0) is 4.79 Å². The van der Waals surface area contributed by atoms with Crippen LogP contribution in [0.4, 0.5) is 5.69 Å². The van der Waals surface area contributed by atoms with Gasteiger partial charge < -0.3 is 15.4 Å². The number of carbonyl (C=O) groups is 1. The molecule has 8 nitrogen and oxygen atoms in total. The van der Waals surface area contributed by atoms with Gasteiger partial charge in [0.2, 0.25) is 0 Å². The molecule has 0 spiro atoms. The van der Waals surface area contributed by atoms with Gasteiger partial charge in [-0.2, -0.15) is 5.10 Å². The minimum atomic E-state index is -0.129. The SMILES string of the molecule is CC(NC1CCC(n2nc(-c3ccncc3)ccc2=O)CC1)c1ccc2c(c1)NC(=O)CO2. The summed E-state index contributed by atoms with van der Waals surface area (Å²) in [4.78, 5) is 28.2. The van der Waals surface area contributed by atoms with Gasteiger partial charge in [0.15, 0.2) is 6.61 Å². The molecule has 3 heterocycles. The molecule has 1 fully saturated rings. The van der Waals surface area contributed by atoms with Gasteiger partial charge in [0, 0.05) is 36.1 Å². The Bertz CT molecular complexity index is 1200. The van der Waals surface area contributed by atoms with E-state index in [4.69, 9.17) is 4.74 Å². The van der Waals surface area contributed by atoms with Gasteiger partial charge in [-0.3, -0.25) is 14.6 Å². The first-order valence-corrected chi connectivity index (χ1v) is 11.4. The molecule has 33 heavy (non-hydrogen) atoms. The number of rotatable bonds is 5. The van der Waals surface area contributed by atoms with E-state index in [1.807, 2.05) is 30.3 Å². The Morgan fingerprint density at radius 2 is 1.85 bits per heavy atom. The van der Waals surface area contributed by atoms with Crippen LogP contribution in [0.25, 0.3) is 11.3 Å². The topological polar surface area (TPSA) is 98.1 Å². The molecule has 1 aliphatic heterocycles. The second-order valence-corrected chi connectivity index (χ2v) is 8.72. The minimum absolute atomic E-state index is 0.0593. The van der Waals surface area contributed by atoms with Crippen LogP contribution in [0.3, 0.4) is 0 Å². The third kappa shape index (κ3) is 4.66. The molecule has 0 bridgehead atoms. The van der Waals surface area contributed by atoms with Crippen molar-refractivity contribution in [2.45, 2.75) is 50.7 Å². The quantitative estimate of drug-likeness (QED) is 0.624. The van der Waals surface area contributed by atoms with E-state index in [0.29, 0.717) is 11.8 Å². The van der Waals surface area contributed by atoms with Crippen molar-refractivity contribution < 1.29 is 9.53 Å². The van der Waals surface area contributed by atoms with E-state index in [1.165, 1.54) is 0 Å². The zero-order valence-electron chi connectivity index (χ0n) is 18.5. The minimum Gasteiger partial charge on any atom is -0.482 e. The normalized spacial score (nSPS) is 20.9. The number of ether oxygens (including phenoxy) is 1. The number of hydrogen-bond donors (Lipinski definition) is 2. The fourth-order valence-corrected chi connectivity index (χ4v) is 4.67. The molecule has 2 aliphatic rings. The van der Waals surface area contributed by atoms with Gasteiger partial charge in [-0.1, -0.05) is 6.07 Å². The molecule has 170 valence electrons. The second kappa shape index (κ2) is 9.15. The number of hydrogen-bond acceptors (Lipinski definition) is 6. The van der Waals surface area contributed by atoms with Crippen molar-refractivity contribution in [1.82, 2.24) is 20.1 Å². The second-order valence-electron chi connectivity index (χ2n) is 8.72. The average molecular weight is 446 g/mol. The van der Waals surface area contributed by atoms with Crippen LogP contribution >= 0.6 is 0 Å². The Hall–Kier alpha value is -3.52. The summed E-state index contributed by atoms with van der Waals surface area (Å²) in [7, 11) is 0. The fraction of sp³-hybridized carbons (Fsp3) is 0.360. The predicted octanol–water partition coefficient (Wildman–Crippen LogP) is 3.47. The van der Waals surface area contributed by atoms with E-state index in [9.17, 15) is 9.59 Å². The van der Waals surface area contributed by atoms with Crippen molar-refractivity contribution in [2.24, 2.45) is 0 Å².